The maximum Gasteiger partial charge on any atom is 0.325 e. The van der Waals surface area contributed by atoms with Crippen molar-refractivity contribution in [3.8, 4) is 0 Å². The molecule has 0 aliphatic rings. The van der Waals surface area contributed by atoms with E-state index in [-0.39, 0.29) is 0 Å². The van der Waals surface area contributed by atoms with E-state index in [1.54, 1.807) is 0 Å². The van der Waals surface area contributed by atoms with Crippen molar-refractivity contribution in [2.75, 3.05) is 40.5 Å². The van der Waals surface area contributed by atoms with E-state index in [1.807, 2.05) is 0 Å². The van der Waals surface area contributed by atoms with E-state index < -0.39 is 18.0 Å². The number of aliphatic carboxylic acids is 1. The predicted octanol–water partition coefficient (Wildman–Crippen LogP) is -0.236. The highest BCUT2D eigenvalue weighted by molar-refractivity contribution is 5.82. The van der Waals surface area contributed by atoms with Crippen molar-refractivity contribution in [2.24, 2.45) is 0 Å². The van der Waals surface area contributed by atoms with Crippen LogP contribution >= 0.6 is 0 Å². The molecule has 0 heterocycles. The Labute approximate surface area is 101 Å². The van der Waals surface area contributed by atoms with Crippen LogP contribution in [0.5, 0.6) is 0 Å². The number of hydrogen-bond acceptors (Lipinski definition) is 4. The molecule has 0 aromatic carbocycles. The standard InChI is InChI=1S/C10H20N2O5/c1-8(9(13)14)11-10(15)12(4-6-16-2)5-7-17-3/h8H,4-7H2,1-3H3,(H,11,15)(H,13,14)/t8-/m0/s1. The van der Waals surface area contributed by atoms with Gasteiger partial charge in [-0.05, 0) is 6.92 Å². The van der Waals surface area contributed by atoms with Crippen LogP contribution in [0.25, 0.3) is 0 Å². The molecular formula is C10H20N2O5. The van der Waals surface area contributed by atoms with Crippen LogP contribution in [0.2, 0.25) is 0 Å². The highest BCUT2D eigenvalue weighted by atomic mass is 16.5. The Morgan fingerprint density at radius 3 is 2.06 bits per heavy atom. The Morgan fingerprint density at radius 1 is 1.24 bits per heavy atom. The summed E-state index contributed by atoms with van der Waals surface area (Å²) in [5, 5.41) is 11.1. The predicted molar refractivity (Wildman–Crippen MR) is 61.0 cm³/mol. The first-order valence-electron chi connectivity index (χ1n) is 5.29. The van der Waals surface area contributed by atoms with E-state index in [9.17, 15) is 9.59 Å². The molecule has 0 unspecified atom stereocenters. The second kappa shape index (κ2) is 8.77. The van der Waals surface area contributed by atoms with Gasteiger partial charge in [0, 0.05) is 27.3 Å². The van der Waals surface area contributed by atoms with Crippen LogP contribution in [0.3, 0.4) is 0 Å². The van der Waals surface area contributed by atoms with Crippen molar-refractivity contribution in [1.29, 1.82) is 0 Å². The number of rotatable bonds is 8. The third-order valence-corrected chi connectivity index (χ3v) is 2.13. The molecule has 0 fully saturated rings. The van der Waals surface area contributed by atoms with Gasteiger partial charge in [-0.3, -0.25) is 4.79 Å². The Balaban J connectivity index is 4.24. The highest BCUT2D eigenvalue weighted by Crippen LogP contribution is 1.93. The van der Waals surface area contributed by atoms with Gasteiger partial charge >= 0.3 is 12.0 Å². The minimum absolute atomic E-state index is 0.387. The summed E-state index contributed by atoms with van der Waals surface area (Å²) < 4.78 is 9.75. The maximum atomic E-state index is 11.7. The molecule has 0 aliphatic carbocycles. The smallest absolute Gasteiger partial charge is 0.325 e. The molecule has 2 amide bonds. The Kier molecular flexibility index (Phi) is 8.08. The van der Waals surface area contributed by atoms with E-state index in [4.69, 9.17) is 14.6 Å². The molecule has 0 radical (unpaired) electrons. The molecule has 2 N–H and O–H groups in total. The molecule has 0 bridgehead atoms. The molecule has 17 heavy (non-hydrogen) atoms. The largest absolute Gasteiger partial charge is 0.480 e. The van der Waals surface area contributed by atoms with Crippen molar-refractivity contribution in [2.45, 2.75) is 13.0 Å². The van der Waals surface area contributed by atoms with Crippen molar-refractivity contribution in [3.05, 3.63) is 0 Å². The molecule has 0 aromatic rings. The summed E-state index contributed by atoms with van der Waals surface area (Å²) in [4.78, 5) is 23.8. The molecule has 0 saturated heterocycles. The number of urea groups is 1. The summed E-state index contributed by atoms with van der Waals surface area (Å²) in [6, 6.07) is -1.36. The van der Waals surface area contributed by atoms with Crippen molar-refractivity contribution in [1.82, 2.24) is 10.2 Å². The zero-order chi connectivity index (χ0) is 13.3. The number of hydrogen-bond donors (Lipinski definition) is 2. The van der Waals surface area contributed by atoms with Gasteiger partial charge in [-0.25, -0.2) is 4.79 Å². The zero-order valence-corrected chi connectivity index (χ0v) is 10.4. The number of carbonyl (C=O) groups is 2. The van der Waals surface area contributed by atoms with Crippen LogP contribution in [-0.4, -0.2) is 68.6 Å². The fourth-order valence-electron chi connectivity index (χ4n) is 1.06. The van der Waals surface area contributed by atoms with Crippen LogP contribution in [-0.2, 0) is 14.3 Å². The third-order valence-electron chi connectivity index (χ3n) is 2.13. The Bertz CT molecular complexity index is 239. The number of amides is 2. The van der Waals surface area contributed by atoms with Gasteiger partial charge in [0.15, 0.2) is 0 Å². The number of nitrogens with one attached hydrogen (secondary N) is 1. The molecule has 0 aromatic heterocycles. The average Bonchev–Trinajstić information content (AvgIpc) is 2.28. The number of methoxy groups -OCH3 is 2. The van der Waals surface area contributed by atoms with Gasteiger partial charge in [0.25, 0.3) is 0 Å². The molecule has 0 spiro atoms. The minimum atomic E-state index is -1.07. The summed E-state index contributed by atoms with van der Waals surface area (Å²) in [6.45, 7) is 2.96. The second-order valence-electron chi connectivity index (χ2n) is 3.48. The van der Waals surface area contributed by atoms with Gasteiger partial charge in [0.2, 0.25) is 0 Å². The van der Waals surface area contributed by atoms with E-state index in [1.165, 1.54) is 26.0 Å². The van der Waals surface area contributed by atoms with Crippen LogP contribution in [0, 0.1) is 0 Å². The van der Waals surface area contributed by atoms with Crippen molar-refractivity contribution >= 4 is 12.0 Å². The lowest BCUT2D eigenvalue weighted by Gasteiger charge is -2.23. The minimum Gasteiger partial charge on any atom is -0.480 e. The summed E-state index contributed by atoms with van der Waals surface area (Å²) in [5.41, 5.74) is 0. The van der Waals surface area contributed by atoms with Crippen molar-refractivity contribution < 1.29 is 24.2 Å². The quantitative estimate of drug-likeness (QED) is 0.619. The van der Waals surface area contributed by atoms with Crippen LogP contribution < -0.4 is 5.32 Å². The van der Waals surface area contributed by atoms with Crippen LogP contribution in [0.15, 0.2) is 0 Å². The van der Waals surface area contributed by atoms with E-state index in [2.05, 4.69) is 5.32 Å². The fourth-order valence-corrected chi connectivity index (χ4v) is 1.06. The summed E-state index contributed by atoms with van der Waals surface area (Å²) in [7, 11) is 3.07. The molecule has 7 nitrogen and oxygen atoms in total. The Hall–Kier alpha value is -1.34. The van der Waals surface area contributed by atoms with Gasteiger partial charge < -0.3 is 24.8 Å². The van der Waals surface area contributed by atoms with Crippen molar-refractivity contribution in [3.63, 3.8) is 0 Å². The molecule has 0 rings (SSSR count). The van der Waals surface area contributed by atoms with Gasteiger partial charge in [-0.15, -0.1) is 0 Å². The Morgan fingerprint density at radius 2 is 1.71 bits per heavy atom. The average molecular weight is 248 g/mol. The number of carboxylic acid groups (broad SMARTS) is 1. The number of nitrogens with zero attached hydrogens (tertiary/aromatic N) is 1. The molecule has 0 aliphatic heterocycles. The first-order valence-corrected chi connectivity index (χ1v) is 5.29. The summed E-state index contributed by atoms with van der Waals surface area (Å²) >= 11 is 0. The summed E-state index contributed by atoms with van der Waals surface area (Å²) in [5.74, 6) is -1.07. The fraction of sp³-hybridized carbons (Fsp3) is 0.800. The van der Waals surface area contributed by atoms with Gasteiger partial charge in [-0.1, -0.05) is 0 Å². The van der Waals surface area contributed by atoms with E-state index in [0.717, 1.165) is 0 Å². The van der Waals surface area contributed by atoms with E-state index >= 15 is 0 Å². The monoisotopic (exact) mass is 248 g/mol. The lowest BCUT2D eigenvalue weighted by atomic mass is 10.3. The maximum absolute atomic E-state index is 11.7. The van der Waals surface area contributed by atoms with Crippen LogP contribution in [0.1, 0.15) is 6.92 Å². The lowest BCUT2D eigenvalue weighted by molar-refractivity contribution is -0.138. The normalized spacial score (nSPS) is 11.9. The number of carboxylic acids is 1. The first-order chi connectivity index (χ1) is 8.02. The first kappa shape index (κ1) is 15.7. The van der Waals surface area contributed by atoms with Gasteiger partial charge in [0.05, 0.1) is 13.2 Å². The molecule has 0 saturated carbocycles. The van der Waals surface area contributed by atoms with Gasteiger partial charge in [0.1, 0.15) is 6.04 Å². The lowest BCUT2D eigenvalue weighted by Crippen LogP contribution is -2.48. The van der Waals surface area contributed by atoms with Crippen LogP contribution in [0.4, 0.5) is 4.79 Å². The molecule has 1 atom stereocenters. The zero-order valence-electron chi connectivity index (χ0n) is 10.4. The van der Waals surface area contributed by atoms with Gasteiger partial charge in [-0.2, -0.15) is 0 Å². The molecular weight excluding hydrogens is 228 g/mol. The summed E-state index contributed by atoms with van der Waals surface area (Å²) in [6.07, 6.45) is 0. The molecule has 7 heteroatoms. The second-order valence-corrected chi connectivity index (χ2v) is 3.48. The molecule has 100 valence electrons. The SMILES string of the molecule is COCCN(CCOC)C(=O)N[C@@H](C)C(=O)O. The topological polar surface area (TPSA) is 88.1 Å². The number of ether oxygens (including phenoxy) is 2. The number of carbonyl (C=O) groups excluding carboxylic acids is 1. The van der Waals surface area contributed by atoms with E-state index in [0.29, 0.717) is 26.3 Å². The highest BCUT2D eigenvalue weighted by Gasteiger charge is 2.18. The third kappa shape index (κ3) is 6.75.